The lowest BCUT2D eigenvalue weighted by atomic mass is 9.97. The summed E-state index contributed by atoms with van der Waals surface area (Å²) in [6, 6.07) is 3.71. The molecule has 0 spiro atoms. The fourth-order valence-electron chi connectivity index (χ4n) is 3.82. The number of nitrogens with zero attached hydrogens (tertiary/aromatic N) is 5. The summed E-state index contributed by atoms with van der Waals surface area (Å²) in [5, 5.41) is 9.90. The van der Waals surface area contributed by atoms with E-state index in [2.05, 4.69) is 30.6 Å². The van der Waals surface area contributed by atoms with Crippen LogP contribution in [0.25, 0.3) is 5.82 Å². The highest BCUT2D eigenvalue weighted by atomic mass is 16.5. The van der Waals surface area contributed by atoms with Gasteiger partial charge < -0.3 is 15.4 Å². The molecule has 2 atom stereocenters. The van der Waals surface area contributed by atoms with Gasteiger partial charge in [0.2, 0.25) is 0 Å². The number of pyridine rings is 1. The number of amides is 2. The van der Waals surface area contributed by atoms with E-state index in [0.29, 0.717) is 30.0 Å². The van der Waals surface area contributed by atoms with Crippen LogP contribution in [0.4, 0.5) is 10.5 Å². The van der Waals surface area contributed by atoms with Crippen LogP contribution in [0.3, 0.4) is 0 Å². The van der Waals surface area contributed by atoms with Crippen LogP contribution in [0, 0.1) is 5.92 Å². The smallest absolute Gasteiger partial charge is 0.319 e. The summed E-state index contributed by atoms with van der Waals surface area (Å²) in [4.78, 5) is 23.0. The maximum Gasteiger partial charge on any atom is 0.319 e. The number of anilines is 1. The van der Waals surface area contributed by atoms with Crippen LogP contribution in [0.5, 0.6) is 0 Å². The summed E-state index contributed by atoms with van der Waals surface area (Å²) in [5.74, 6) is 1.14. The summed E-state index contributed by atoms with van der Waals surface area (Å²) in [6.07, 6.45) is 8.18. The van der Waals surface area contributed by atoms with Gasteiger partial charge in [0.1, 0.15) is 12.7 Å². The molecule has 0 radical (unpaired) electrons. The number of hydrogen-bond acceptors (Lipinski definition) is 6. The molecule has 0 unspecified atom stereocenters. The van der Waals surface area contributed by atoms with E-state index < -0.39 is 0 Å². The first-order chi connectivity index (χ1) is 13.3. The van der Waals surface area contributed by atoms with Crippen molar-refractivity contribution in [2.75, 3.05) is 38.2 Å². The van der Waals surface area contributed by atoms with Crippen LogP contribution < -0.4 is 10.6 Å². The number of carbonyl (C=O) groups excluding carboxylic acids is 1. The molecular weight excluding hydrogens is 346 g/mol. The van der Waals surface area contributed by atoms with Gasteiger partial charge in [-0.05, 0) is 44.5 Å². The second kappa shape index (κ2) is 8.45. The van der Waals surface area contributed by atoms with Crippen molar-refractivity contribution >= 4 is 11.7 Å². The number of likely N-dealkylation sites (tertiary alicyclic amines) is 1. The Labute approximate surface area is 158 Å². The molecule has 2 amide bonds. The van der Waals surface area contributed by atoms with E-state index in [9.17, 15) is 4.79 Å². The number of ether oxygens (including phenoxy) is 1. The standard InChI is InChI=1S/C18H25N7O2/c26-18(23-15-3-4-17(20-9-15)25-13-19-12-22-25)21-10-16(14-5-8-27-11-14)24-6-1-2-7-24/h3-4,9,12-14,16H,1-2,5-8,10-11H2,(H2,21,23,26)/t14-,16-/m1/s1. The predicted molar refractivity (Wildman–Crippen MR) is 99.7 cm³/mol. The highest BCUT2D eigenvalue weighted by Gasteiger charge is 2.32. The topological polar surface area (TPSA) is 97.2 Å². The molecule has 9 heteroatoms. The van der Waals surface area contributed by atoms with Crippen LogP contribution in [0.1, 0.15) is 19.3 Å². The number of aromatic nitrogens is 4. The Kier molecular flexibility index (Phi) is 5.59. The Hall–Kier alpha value is -2.52. The molecule has 0 bridgehead atoms. The van der Waals surface area contributed by atoms with Crippen molar-refractivity contribution in [3.8, 4) is 5.82 Å². The first-order valence-corrected chi connectivity index (χ1v) is 9.47. The van der Waals surface area contributed by atoms with Gasteiger partial charge in [0.15, 0.2) is 5.82 Å². The third-order valence-electron chi connectivity index (χ3n) is 5.25. The third-order valence-corrected chi connectivity index (χ3v) is 5.25. The van der Waals surface area contributed by atoms with Gasteiger partial charge in [-0.25, -0.2) is 19.4 Å². The van der Waals surface area contributed by atoms with Crippen LogP contribution in [-0.2, 0) is 4.74 Å². The molecule has 2 fully saturated rings. The molecule has 2 N–H and O–H groups in total. The summed E-state index contributed by atoms with van der Waals surface area (Å²) in [5.41, 5.74) is 0.637. The van der Waals surface area contributed by atoms with Crippen molar-refractivity contribution in [2.24, 2.45) is 5.92 Å². The Morgan fingerprint density at radius 3 is 2.89 bits per heavy atom. The van der Waals surface area contributed by atoms with E-state index in [0.717, 1.165) is 32.7 Å². The molecule has 144 valence electrons. The molecule has 0 aromatic carbocycles. The van der Waals surface area contributed by atoms with Gasteiger partial charge in [-0.1, -0.05) is 0 Å². The maximum atomic E-state index is 12.3. The normalized spacial score (nSPS) is 21.3. The Morgan fingerprint density at radius 2 is 2.22 bits per heavy atom. The molecule has 2 aliphatic rings. The van der Waals surface area contributed by atoms with Crippen LogP contribution >= 0.6 is 0 Å². The van der Waals surface area contributed by atoms with Crippen molar-refractivity contribution < 1.29 is 9.53 Å². The molecule has 27 heavy (non-hydrogen) atoms. The minimum atomic E-state index is -0.214. The van der Waals surface area contributed by atoms with Crippen molar-refractivity contribution in [3.63, 3.8) is 0 Å². The fourth-order valence-corrected chi connectivity index (χ4v) is 3.82. The summed E-state index contributed by atoms with van der Waals surface area (Å²) >= 11 is 0. The van der Waals surface area contributed by atoms with Gasteiger partial charge in [-0.3, -0.25) is 4.90 Å². The zero-order valence-electron chi connectivity index (χ0n) is 15.3. The van der Waals surface area contributed by atoms with E-state index in [1.807, 2.05) is 0 Å². The van der Waals surface area contributed by atoms with Crippen LogP contribution in [0.2, 0.25) is 0 Å². The lowest BCUT2D eigenvalue weighted by Crippen LogP contribution is -2.48. The largest absolute Gasteiger partial charge is 0.381 e. The van der Waals surface area contributed by atoms with Gasteiger partial charge in [0.05, 0.1) is 18.5 Å². The molecule has 0 saturated carbocycles. The predicted octanol–water partition coefficient (Wildman–Crippen LogP) is 1.28. The first-order valence-electron chi connectivity index (χ1n) is 9.47. The molecule has 9 nitrogen and oxygen atoms in total. The Morgan fingerprint density at radius 1 is 1.33 bits per heavy atom. The average molecular weight is 371 g/mol. The van der Waals surface area contributed by atoms with Crippen molar-refractivity contribution in [3.05, 3.63) is 31.0 Å². The maximum absolute atomic E-state index is 12.3. The number of hydrogen-bond donors (Lipinski definition) is 2. The van der Waals surface area contributed by atoms with Gasteiger partial charge >= 0.3 is 6.03 Å². The van der Waals surface area contributed by atoms with Gasteiger partial charge in [-0.2, -0.15) is 5.10 Å². The number of rotatable bonds is 6. The molecule has 4 heterocycles. The van der Waals surface area contributed by atoms with Crippen molar-refractivity contribution in [1.82, 2.24) is 30.0 Å². The highest BCUT2D eigenvalue weighted by molar-refractivity contribution is 5.89. The second-order valence-corrected chi connectivity index (χ2v) is 7.01. The highest BCUT2D eigenvalue weighted by Crippen LogP contribution is 2.24. The number of carbonyl (C=O) groups is 1. The lowest BCUT2D eigenvalue weighted by molar-refractivity contribution is 0.135. The summed E-state index contributed by atoms with van der Waals surface area (Å²) in [7, 11) is 0. The second-order valence-electron chi connectivity index (χ2n) is 7.01. The minimum Gasteiger partial charge on any atom is -0.381 e. The number of nitrogens with one attached hydrogen (secondary N) is 2. The Bertz CT molecular complexity index is 707. The van der Waals surface area contributed by atoms with Crippen LogP contribution in [0.15, 0.2) is 31.0 Å². The van der Waals surface area contributed by atoms with Crippen molar-refractivity contribution in [1.29, 1.82) is 0 Å². The van der Waals surface area contributed by atoms with E-state index >= 15 is 0 Å². The fraction of sp³-hybridized carbons (Fsp3) is 0.556. The quantitative estimate of drug-likeness (QED) is 0.794. The van der Waals surface area contributed by atoms with E-state index in [-0.39, 0.29) is 6.03 Å². The monoisotopic (exact) mass is 371 g/mol. The van der Waals surface area contributed by atoms with Crippen molar-refractivity contribution in [2.45, 2.75) is 25.3 Å². The molecule has 2 saturated heterocycles. The Balaban J connectivity index is 1.31. The van der Waals surface area contributed by atoms with E-state index in [4.69, 9.17) is 4.74 Å². The van der Waals surface area contributed by atoms with Crippen LogP contribution in [-0.4, -0.2) is 69.6 Å². The molecule has 2 aliphatic heterocycles. The average Bonchev–Trinajstić information content (AvgIpc) is 3.45. The van der Waals surface area contributed by atoms with Gasteiger partial charge in [0, 0.05) is 25.1 Å². The van der Waals surface area contributed by atoms with Gasteiger partial charge in [0.25, 0.3) is 0 Å². The lowest BCUT2D eigenvalue weighted by Gasteiger charge is -2.31. The summed E-state index contributed by atoms with van der Waals surface area (Å²) in [6.45, 7) is 4.46. The van der Waals surface area contributed by atoms with E-state index in [1.54, 1.807) is 29.3 Å². The number of urea groups is 1. The zero-order chi connectivity index (χ0) is 18.5. The molecule has 2 aromatic heterocycles. The van der Waals surface area contributed by atoms with Gasteiger partial charge in [-0.15, -0.1) is 0 Å². The van der Waals surface area contributed by atoms with E-state index in [1.165, 1.54) is 19.2 Å². The molecule has 4 rings (SSSR count). The zero-order valence-corrected chi connectivity index (χ0v) is 15.3. The SMILES string of the molecule is O=C(NC[C@H]([C@@H]1CCOC1)N1CCCC1)Nc1ccc(-n2cncn2)nc1. The first kappa shape index (κ1) is 17.9. The third kappa shape index (κ3) is 4.42. The molecule has 0 aliphatic carbocycles. The summed E-state index contributed by atoms with van der Waals surface area (Å²) < 4.78 is 7.13. The minimum absolute atomic E-state index is 0.214. The molecule has 2 aromatic rings. The molecular formula is C18H25N7O2.